The fraction of sp³-hybridized carbons (Fsp3) is 0.636. The molecular formula is C11H15ClO2S. The van der Waals surface area contributed by atoms with Crippen LogP contribution in [0.2, 0.25) is 4.34 Å². The van der Waals surface area contributed by atoms with Gasteiger partial charge in [-0.2, -0.15) is 0 Å². The summed E-state index contributed by atoms with van der Waals surface area (Å²) in [6.07, 6.45) is 3.98. The number of hydrogen-bond acceptors (Lipinski definition) is 3. The molecule has 0 spiro atoms. The van der Waals surface area contributed by atoms with Crippen molar-refractivity contribution >= 4 is 22.9 Å². The molecule has 1 N–H and O–H groups in total. The molecule has 1 aromatic heterocycles. The first kappa shape index (κ1) is 11.4. The van der Waals surface area contributed by atoms with Gasteiger partial charge in [0.25, 0.3) is 0 Å². The molecule has 2 heterocycles. The molecule has 2 atom stereocenters. The maximum Gasteiger partial charge on any atom is 0.0932 e. The molecule has 4 heteroatoms. The van der Waals surface area contributed by atoms with E-state index in [0.29, 0.717) is 6.10 Å². The third-order valence-electron chi connectivity index (χ3n) is 2.71. The second-order valence-electron chi connectivity index (χ2n) is 3.87. The second-order valence-corrected chi connectivity index (χ2v) is 5.62. The van der Waals surface area contributed by atoms with Gasteiger partial charge in [0.05, 0.1) is 16.5 Å². The summed E-state index contributed by atoms with van der Waals surface area (Å²) in [6, 6.07) is 3.73. The van der Waals surface area contributed by atoms with Gasteiger partial charge in [-0.15, -0.1) is 11.3 Å². The predicted octanol–water partition coefficient (Wildman–Crippen LogP) is 3.39. The summed E-state index contributed by atoms with van der Waals surface area (Å²) >= 11 is 7.27. The van der Waals surface area contributed by atoms with Crippen molar-refractivity contribution in [1.82, 2.24) is 0 Å². The number of aliphatic hydroxyl groups excluding tert-OH is 1. The minimum Gasteiger partial charge on any atom is -0.388 e. The van der Waals surface area contributed by atoms with Crippen LogP contribution >= 0.6 is 22.9 Å². The summed E-state index contributed by atoms with van der Waals surface area (Å²) in [5.74, 6) is 0. The van der Waals surface area contributed by atoms with Crippen LogP contribution in [-0.2, 0) is 4.74 Å². The van der Waals surface area contributed by atoms with Crippen molar-refractivity contribution in [3.8, 4) is 0 Å². The SMILES string of the molecule is OC(CCC1CCCO1)c1ccc(Cl)s1. The highest BCUT2D eigenvalue weighted by molar-refractivity contribution is 7.16. The van der Waals surface area contributed by atoms with E-state index >= 15 is 0 Å². The number of halogens is 1. The summed E-state index contributed by atoms with van der Waals surface area (Å²) in [5.41, 5.74) is 0. The van der Waals surface area contributed by atoms with Crippen molar-refractivity contribution in [3.05, 3.63) is 21.3 Å². The van der Waals surface area contributed by atoms with Gasteiger partial charge in [0.15, 0.2) is 0 Å². The van der Waals surface area contributed by atoms with Crippen LogP contribution in [0.15, 0.2) is 12.1 Å². The normalized spacial score (nSPS) is 23.2. The Labute approximate surface area is 98.8 Å². The molecule has 15 heavy (non-hydrogen) atoms. The lowest BCUT2D eigenvalue weighted by Gasteiger charge is -2.12. The minimum atomic E-state index is -0.383. The maximum atomic E-state index is 9.89. The smallest absolute Gasteiger partial charge is 0.0932 e. The molecule has 1 aromatic rings. The predicted molar refractivity (Wildman–Crippen MR) is 62.5 cm³/mol. The van der Waals surface area contributed by atoms with Crippen LogP contribution in [0.3, 0.4) is 0 Å². The Bertz CT molecular complexity index is 307. The number of ether oxygens (including phenoxy) is 1. The van der Waals surface area contributed by atoms with Crippen LogP contribution in [0.25, 0.3) is 0 Å². The molecule has 1 aliphatic rings. The molecule has 2 nitrogen and oxygen atoms in total. The molecule has 0 aromatic carbocycles. The Morgan fingerprint density at radius 2 is 2.47 bits per heavy atom. The molecule has 1 fully saturated rings. The maximum absolute atomic E-state index is 9.89. The average molecular weight is 247 g/mol. The van der Waals surface area contributed by atoms with Gasteiger partial charge in [-0.3, -0.25) is 0 Å². The summed E-state index contributed by atoms with van der Waals surface area (Å²) in [7, 11) is 0. The van der Waals surface area contributed by atoms with Gasteiger partial charge in [-0.05, 0) is 37.8 Å². The first-order valence-electron chi connectivity index (χ1n) is 5.30. The summed E-state index contributed by atoms with van der Waals surface area (Å²) in [5, 5.41) is 9.89. The van der Waals surface area contributed by atoms with E-state index in [4.69, 9.17) is 16.3 Å². The Hall–Kier alpha value is -0.0900. The van der Waals surface area contributed by atoms with Crippen LogP contribution in [0.1, 0.15) is 36.7 Å². The molecule has 0 radical (unpaired) electrons. The summed E-state index contributed by atoms with van der Waals surface area (Å²) in [6.45, 7) is 0.881. The van der Waals surface area contributed by atoms with Crippen molar-refractivity contribution in [1.29, 1.82) is 0 Å². The highest BCUT2D eigenvalue weighted by atomic mass is 35.5. The third kappa shape index (κ3) is 3.18. The van der Waals surface area contributed by atoms with E-state index in [-0.39, 0.29) is 6.10 Å². The molecule has 0 bridgehead atoms. The van der Waals surface area contributed by atoms with Gasteiger partial charge >= 0.3 is 0 Å². The largest absolute Gasteiger partial charge is 0.388 e. The highest BCUT2D eigenvalue weighted by Gasteiger charge is 2.18. The van der Waals surface area contributed by atoms with E-state index in [9.17, 15) is 5.11 Å². The van der Waals surface area contributed by atoms with Crippen LogP contribution in [0.5, 0.6) is 0 Å². The fourth-order valence-electron chi connectivity index (χ4n) is 1.87. The van der Waals surface area contributed by atoms with Gasteiger partial charge in [0.2, 0.25) is 0 Å². The molecule has 2 rings (SSSR count). The molecule has 0 amide bonds. The van der Waals surface area contributed by atoms with Gasteiger partial charge in [0, 0.05) is 11.5 Å². The zero-order valence-corrected chi connectivity index (χ0v) is 10.1. The number of hydrogen-bond donors (Lipinski definition) is 1. The molecule has 0 aliphatic carbocycles. The summed E-state index contributed by atoms with van der Waals surface area (Å²) in [4.78, 5) is 0.956. The number of rotatable bonds is 4. The first-order valence-corrected chi connectivity index (χ1v) is 6.50. The van der Waals surface area contributed by atoms with E-state index < -0.39 is 0 Å². The Balaban J connectivity index is 1.79. The van der Waals surface area contributed by atoms with Gasteiger partial charge < -0.3 is 9.84 Å². The fourth-order valence-corrected chi connectivity index (χ4v) is 2.95. The van der Waals surface area contributed by atoms with Crippen molar-refractivity contribution in [2.75, 3.05) is 6.61 Å². The molecule has 2 unspecified atom stereocenters. The third-order valence-corrected chi connectivity index (χ3v) is 4.04. The van der Waals surface area contributed by atoms with E-state index in [2.05, 4.69) is 0 Å². The quantitative estimate of drug-likeness (QED) is 0.883. The molecule has 0 saturated carbocycles. The minimum absolute atomic E-state index is 0.357. The van der Waals surface area contributed by atoms with E-state index in [1.807, 2.05) is 12.1 Å². The molecule has 1 saturated heterocycles. The molecular weight excluding hydrogens is 232 g/mol. The Morgan fingerprint density at radius 1 is 1.60 bits per heavy atom. The molecule has 84 valence electrons. The van der Waals surface area contributed by atoms with Gasteiger partial charge in [0.1, 0.15) is 0 Å². The summed E-state index contributed by atoms with van der Waals surface area (Å²) < 4.78 is 6.25. The van der Waals surface area contributed by atoms with Crippen molar-refractivity contribution < 1.29 is 9.84 Å². The average Bonchev–Trinajstić information content (AvgIpc) is 2.84. The van der Waals surface area contributed by atoms with Gasteiger partial charge in [-0.1, -0.05) is 11.6 Å². The zero-order valence-electron chi connectivity index (χ0n) is 8.49. The number of thiophene rings is 1. The highest BCUT2D eigenvalue weighted by Crippen LogP contribution is 2.30. The Kier molecular flexibility index (Phi) is 4.03. The topological polar surface area (TPSA) is 29.5 Å². The Morgan fingerprint density at radius 3 is 3.07 bits per heavy atom. The van der Waals surface area contributed by atoms with Gasteiger partial charge in [-0.25, -0.2) is 0 Å². The van der Waals surface area contributed by atoms with Crippen LogP contribution < -0.4 is 0 Å². The van der Waals surface area contributed by atoms with Crippen molar-refractivity contribution in [2.24, 2.45) is 0 Å². The monoisotopic (exact) mass is 246 g/mol. The van der Waals surface area contributed by atoms with Crippen molar-refractivity contribution in [3.63, 3.8) is 0 Å². The lowest BCUT2D eigenvalue weighted by atomic mass is 10.1. The van der Waals surface area contributed by atoms with Crippen LogP contribution in [0, 0.1) is 0 Å². The first-order chi connectivity index (χ1) is 7.25. The standard InChI is InChI=1S/C11H15ClO2S/c12-11-6-5-10(15-11)9(13)4-3-8-2-1-7-14-8/h5-6,8-9,13H,1-4,7H2. The van der Waals surface area contributed by atoms with E-state index in [1.54, 1.807) is 0 Å². The zero-order chi connectivity index (χ0) is 10.7. The van der Waals surface area contributed by atoms with Crippen LogP contribution in [0.4, 0.5) is 0 Å². The lowest BCUT2D eigenvalue weighted by Crippen LogP contribution is -2.07. The second kappa shape index (κ2) is 5.30. The van der Waals surface area contributed by atoms with E-state index in [1.165, 1.54) is 11.3 Å². The van der Waals surface area contributed by atoms with Crippen molar-refractivity contribution in [2.45, 2.75) is 37.9 Å². The molecule has 1 aliphatic heterocycles. The van der Waals surface area contributed by atoms with Crippen LogP contribution in [-0.4, -0.2) is 17.8 Å². The number of aliphatic hydroxyl groups is 1. The van der Waals surface area contributed by atoms with E-state index in [0.717, 1.165) is 41.5 Å². The lowest BCUT2D eigenvalue weighted by molar-refractivity contribution is 0.0820.